The summed E-state index contributed by atoms with van der Waals surface area (Å²) < 4.78 is 31.9. The Labute approximate surface area is 132 Å². The quantitative estimate of drug-likeness (QED) is 0.896. The number of benzene rings is 1. The number of rotatable bonds is 3. The van der Waals surface area contributed by atoms with Gasteiger partial charge >= 0.3 is 0 Å². The first-order valence-electron chi connectivity index (χ1n) is 5.82. The van der Waals surface area contributed by atoms with Crippen LogP contribution < -0.4 is 5.73 Å². The van der Waals surface area contributed by atoms with Gasteiger partial charge in [-0.15, -0.1) is 0 Å². The third-order valence-electron chi connectivity index (χ3n) is 2.93. The number of nitrogens with two attached hydrogens (primary N) is 1. The molecule has 20 heavy (non-hydrogen) atoms. The molecule has 5 nitrogen and oxygen atoms in total. The van der Waals surface area contributed by atoms with Gasteiger partial charge in [0.1, 0.15) is 4.90 Å². The fourth-order valence-electron chi connectivity index (χ4n) is 1.96. The summed E-state index contributed by atoms with van der Waals surface area (Å²) in [6.45, 7) is 0.931. The van der Waals surface area contributed by atoms with Gasteiger partial charge < -0.3 is 10.5 Å². The molecule has 1 atom stereocenters. The van der Waals surface area contributed by atoms with E-state index < -0.39 is 10.0 Å². The van der Waals surface area contributed by atoms with Crippen LogP contribution in [0.1, 0.15) is 0 Å². The molecule has 0 aliphatic carbocycles. The van der Waals surface area contributed by atoms with E-state index in [1.54, 1.807) is 0 Å². The van der Waals surface area contributed by atoms with Crippen LogP contribution in [0.25, 0.3) is 0 Å². The number of nitrogens with zero attached hydrogens (tertiary/aromatic N) is 1. The predicted octanol–water partition coefficient (Wildman–Crippen LogP) is 2.00. The van der Waals surface area contributed by atoms with Gasteiger partial charge in [-0.05, 0) is 12.1 Å². The maximum atomic E-state index is 12.6. The van der Waals surface area contributed by atoms with Gasteiger partial charge in [-0.2, -0.15) is 4.31 Å². The smallest absolute Gasteiger partial charge is 0.246 e. The van der Waals surface area contributed by atoms with Crippen LogP contribution in [-0.2, 0) is 14.8 Å². The van der Waals surface area contributed by atoms with Crippen molar-refractivity contribution < 1.29 is 13.2 Å². The van der Waals surface area contributed by atoms with Crippen LogP contribution in [0.4, 0.5) is 0 Å². The minimum atomic E-state index is -3.81. The third kappa shape index (κ3) is 3.22. The largest absolute Gasteiger partial charge is 0.374 e. The number of ether oxygens (including phenoxy) is 1. The third-order valence-corrected chi connectivity index (χ3v) is 5.93. The zero-order valence-corrected chi connectivity index (χ0v) is 13.4. The Morgan fingerprint density at radius 2 is 1.90 bits per heavy atom. The first-order chi connectivity index (χ1) is 9.36. The number of hydrogen-bond donors (Lipinski definition) is 1. The van der Waals surface area contributed by atoms with Crippen LogP contribution in [-0.4, -0.2) is 45.1 Å². The van der Waals surface area contributed by atoms with Crippen molar-refractivity contribution in [1.82, 2.24) is 4.31 Å². The Balaban J connectivity index is 2.40. The van der Waals surface area contributed by atoms with Crippen LogP contribution in [0.15, 0.2) is 17.0 Å². The molecule has 1 saturated heterocycles. The van der Waals surface area contributed by atoms with Crippen molar-refractivity contribution in [3.8, 4) is 0 Å². The monoisotopic (exact) mass is 358 g/mol. The molecule has 1 aliphatic rings. The summed E-state index contributed by atoms with van der Waals surface area (Å²) in [7, 11) is -3.81. The number of sulfonamides is 1. The summed E-state index contributed by atoms with van der Waals surface area (Å²) in [5.41, 5.74) is 5.51. The van der Waals surface area contributed by atoms with Crippen LogP contribution in [0.5, 0.6) is 0 Å². The topological polar surface area (TPSA) is 72.6 Å². The van der Waals surface area contributed by atoms with Gasteiger partial charge in [0.15, 0.2) is 0 Å². The van der Waals surface area contributed by atoms with Gasteiger partial charge in [-0.25, -0.2) is 8.42 Å². The highest BCUT2D eigenvalue weighted by molar-refractivity contribution is 7.89. The lowest BCUT2D eigenvalue weighted by atomic mass is 10.3. The highest BCUT2D eigenvalue weighted by Crippen LogP contribution is 2.35. The first-order valence-corrected chi connectivity index (χ1v) is 8.40. The Bertz CT molecular complexity index is 586. The molecule has 2 rings (SSSR count). The molecule has 1 fully saturated rings. The van der Waals surface area contributed by atoms with Crippen LogP contribution in [0, 0.1) is 0 Å². The van der Waals surface area contributed by atoms with E-state index in [9.17, 15) is 8.42 Å². The molecule has 0 bridgehead atoms. The summed E-state index contributed by atoms with van der Waals surface area (Å²) in [5, 5.41) is 0.275. The average Bonchev–Trinajstić information content (AvgIpc) is 2.37. The molecule has 9 heteroatoms. The van der Waals surface area contributed by atoms with Crippen LogP contribution in [0.3, 0.4) is 0 Å². The van der Waals surface area contributed by atoms with E-state index in [1.807, 2.05) is 0 Å². The van der Waals surface area contributed by atoms with Crippen molar-refractivity contribution in [2.24, 2.45) is 5.73 Å². The van der Waals surface area contributed by atoms with E-state index >= 15 is 0 Å². The fourth-order valence-corrected chi connectivity index (χ4v) is 4.91. The molecule has 1 unspecified atom stereocenters. The molecule has 1 aliphatic heterocycles. The van der Waals surface area contributed by atoms with Crippen molar-refractivity contribution in [3.63, 3.8) is 0 Å². The lowest BCUT2D eigenvalue weighted by molar-refractivity contribution is 0.00451. The Kier molecular flexibility index (Phi) is 5.18. The van der Waals surface area contributed by atoms with Crippen molar-refractivity contribution >= 4 is 44.8 Å². The first kappa shape index (κ1) is 16.3. The lowest BCUT2D eigenvalue weighted by Crippen LogP contribution is -2.48. The number of hydrogen-bond acceptors (Lipinski definition) is 4. The van der Waals surface area contributed by atoms with E-state index in [0.29, 0.717) is 0 Å². The van der Waals surface area contributed by atoms with Gasteiger partial charge in [0.25, 0.3) is 0 Å². The molecule has 0 radical (unpaired) electrons. The second-order valence-electron chi connectivity index (χ2n) is 4.29. The minimum absolute atomic E-state index is 0.00158. The summed E-state index contributed by atoms with van der Waals surface area (Å²) >= 11 is 17.7. The van der Waals surface area contributed by atoms with E-state index in [1.165, 1.54) is 16.4 Å². The normalized spacial score (nSPS) is 21.1. The predicted molar refractivity (Wildman–Crippen MR) is 79.0 cm³/mol. The average molecular weight is 360 g/mol. The molecule has 2 N–H and O–H groups in total. The van der Waals surface area contributed by atoms with Gasteiger partial charge in [0.05, 0.1) is 22.8 Å². The van der Waals surface area contributed by atoms with E-state index in [-0.39, 0.29) is 52.3 Å². The molecule has 0 saturated carbocycles. The standard InChI is InChI=1S/C11H13Cl3N2O3S/c12-7-3-9(13)11(10(14)4-7)20(17,18)16-1-2-19-8(5-15)6-16/h3-4,8H,1-2,5-6,15H2. The van der Waals surface area contributed by atoms with Crippen LogP contribution in [0.2, 0.25) is 15.1 Å². The van der Waals surface area contributed by atoms with E-state index in [2.05, 4.69) is 0 Å². The molecule has 0 amide bonds. The highest BCUT2D eigenvalue weighted by atomic mass is 35.5. The second-order valence-corrected chi connectivity index (χ2v) is 7.42. The molecule has 1 aromatic carbocycles. The van der Waals surface area contributed by atoms with Crippen molar-refractivity contribution in [1.29, 1.82) is 0 Å². The maximum absolute atomic E-state index is 12.6. The van der Waals surface area contributed by atoms with Gasteiger partial charge in [0, 0.05) is 24.7 Å². The lowest BCUT2D eigenvalue weighted by Gasteiger charge is -2.31. The summed E-state index contributed by atoms with van der Waals surface area (Å²) in [4.78, 5) is -0.136. The number of morpholine rings is 1. The summed E-state index contributed by atoms with van der Waals surface area (Å²) in [5.74, 6) is 0. The van der Waals surface area contributed by atoms with Crippen molar-refractivity contribution in [3.05, 3.63) is 27.2 Å². The molecule has 1 heterocycles. The Morgan fingerprint density at radius 1 is 1.30 bits per heavy atom. The summed E-state index contributed by atoms with van der Waals surface area (Å²) in [6, 6.07) is 2.70. The van der Waals surface area contributed by atoms with Gasteiger partial charge in [-0.1, -0.05) is 34.8 Å². The SMILES string of the molecule is NCC1CN(S(=O)(=O)c2c(Cl)cc(Cl)cc2Cl)CCO1. The Hall–Kier alpha value is -0.0800. The molecule has 1 aromatic rings. The zero-order chi connectivity index (χ0) is 14.9. The molecule has 0 spiro atoms. The summed E-state index contributed by atoms with van der Waals surface area (Å²) in [6.07, 6.45) is -0.330. The highest BCUT2D eigenvalue weighted by Gasteiger charge is 2.33. The van der Waals surface area contributed by atoms with E-state index in [0.717, 1.165) is 0 Å². The molecule has 112 valence electrons. The van der Waals surface area contributed by atoms with Gasteiger partial charge in [0.2, 0.25) is 10.0 Å². The van der Waals surface area contributed by atoms with Gasteiger partial charge in [-0.3, -0.25) is 0 Å². The van der Waals surface area contributed by atoms with Crippen molar-refractivity contribution in [2.45, 2.75) is 11.0 Å². The van der Waals surface area contributed by atoms with Crippen molar-refractivity contribution in [2.75, 3.05) is 26.2 Å². The molecule has 0 aromatic heterocycles. The maximum Gasteiger partial charge on any atom is 0.246 e. The van der Waals surface area contributed by atoms with Crippen LogP contribution >= 0.6 is 34.8 Å². The Morgan fingerprint density at radius 3 is 2.45 bits per heavy atom. The molecular formula is C11H13Cl3N2O3S. The fraction of sp³-hybridized carbons (Fsp3) is 0.455. The zero-order valence-electron chi connectivity index (χ0n) is 10.4. The minimum Gasteiger partial charge on any atom is -0.374 e. The number of halogens is 3. The second kappa shape index (κ2) is 6.36. The molecular weight excluding hydrogens is 347 g/mol. The van der Waals surface area contributed by atoms with E-state index in [4.69, 9.17) is 45.3 Å².